The van der Waals surface area contributed by atoms with Crippen molar-refractivity contribution in [2.45, 2.75) is 24.9 Å². The largest absolute Gasteiger partial charge is 0.481 e. The number of aliphatic imine (C=N–C) groups is 1. The van der Waals surface area contributed by atoms with E-state index in [2.05, 4.69) is 25.9 Å². The summed E-state index contributed by atoms with van der Waals surface area (Å²) in [6.45, 7) is -0.574. The Morgan fingerprint density at radius 3 is 2.26 bits per heavy atom. The van der Waals surface area contributed by atoms with Crippen molar-refractivity contribution in [3.05, 3.63) is 65.9 Å². The van der Waals surface area contributed by atoms with Gasteiger partial charge in [-0.15, -0.1) is 0 Å². The quantitative estimate of drug-likeness (QED) is 0.110. The molecule has 0 bridgehead atoms. The molecule has 0 aliphatic heterocycles. The number of nitrogens with two attached hydrogens (primary N) is 2. The lowest BCUT2D eigenvalue weighted by Gasteiger charge is -2.20. The Kier molecular flexibility index (Phi) is 9.19. The van der Waals surface area contributed by atoms with Gasteiger partial charge in [-0.3, -0.25) is 19.2 Å². The topological polar surface area (TPSA) is 242 Å². The summed E-state index contributed by atoms with van der Waals surface area (Å²) in [5.74, 6) is -5.37. The number of aromatic amines is 1. The minimum absolute atomic E-state index is 0.0865. The molecular formula is C25H27N7O7. The number of carbonyl (C=O) groups is 5. The number of nitrogens with zero attached hydrogens (tertiary/aromatic N) is 1. The predicted octanol–water partition coefficient (Wildman–Crippen LogP) is -0.426. The minimum Gasteiger partial charge on any atom is -0.481 e. The number of benzene rings is 2. The van der Waals surface area contributed by atoms with E-state index in [1.807, 2.05) is 12.1 Å². The highest BCUT2D eigenvalue weighted by Crippen LogP contribution is 2.19. The zero-order valence-corrected chi connectivity index (χ0v) is 20.5. The van der Waals surface area contributed by atoms with E-state index in [1.54, 1.807) is 18.3 Å². The number of para-hydroxylation sites is 1. The number of H-pyrrole nitrogens is 1. The third kappa shape index (κ3) is 8.04. The van der Waals surface area contributed by atoms with Crippen molar-refractivity contribution < 1.29 is 34.2 Å². The van der Waals surface area contributed by atoms with Crippen molar-refractivity contribution in [3.63, 3.8) is 0 Å². The van der Waals surface area contributed by atoms with Gasteiger partial charge in [-0.05, 0) is 35.9 Å². The fourth-order valence-electron chi connectivity index (χ4n) is 3.72. The molecule has 1 aromatic heterocycles. The first-order chi connectivity index (χ1) is 18.5. The molecule has 0 saturated heterocycles. The molecule has 0 aliphatic carbocycles. The summed E-state index contributed by atoms with van der Waals surface area (Å²) in [7, 11) is 0. The van der Waals surface area contributed by atoms with Gasteiger partial charge in [-0.1, -0.05) is 18.2 Å². The molecule has 10 N–H and O–H groups in total. The maximum Gasteiger partial charge on any atom is 0.326 e. The third-order valence-corrected chi connectivity index (χ3v) is 5.54. The van der Waals surface area contributed by atoms with Crippen LogP contribution in [0.3, 0.4) is 0 Å². The normalized spacial score (nSPS) is 12.1. The minimum atomic E-state index is -1.59. The number of fused-ring (bicyclic) bond motifs is 1. The smallest absolute Gasteiger partial charge is 0.326 e. The van der Waals surface area contributed by atoms with Gasteiger partial charge in [-0.25, -0.2) is 9.79 Å². The van der Waals surface area contributed by atoms with Crippen LogP contribution in [0.4, 0.5) is 5.69 Å². The number of aliphatic carboxylic acids is 2. The first-order valence-electron chi connectivity index (χ1n) is 11.6. The van der Waals surface area contributed by atoms with Crippen LogP contribution in [0.5, 0.6) is 0 Å². The molecule has 3 rings (SSSR count). The first kappa shape index (κ1) is 28.2. The second-order valence-corrected chi connectivity index (χ2v) is 8.45. The summed E-state index contributed by atoms with van der Waals surface area (Å²) >= 11 is 0. The van der Waals surface area contributed by atoms with E-state index in [9.17, 15) is 34.2 Å². The van der Waals surface area contributed by atoms with Gasteiger partial charge in [0.05, 0.1) is 18.7 Å². The maximum atomic E-state index is 12.8. The van der Waals surface area contributed by atoms with Crippen molar-refractivity contribution >= 4 is 52.2 Å². The van der Waals surface area contributed by atoms with E-state index in [-0.39, 0.29) is 17.9 Å². The van der Waals surface area contributed by atoms with Gasteiger partial charge in [0.2, 0.25) is 11.8 Å². The number of hydrogen-bond donors (Lipinski definition) is 8. The number of rotatable bonds is 12. The number of aromatic nitrogens is 1. The lowest BCUT2D eigenvalue weighted by molar-refractivity contribution is -0.143. The Hall–Kier alpha value is -5.40. The van der Waals surface area contributed by atoms with Crippen molar-refractivity contribution in [1.82, 2.24) is 20.9 Å². The van der Waals surface area contributed by atoms with Gasteiger partial charge in [-0.2, -0.15) is 0 Å². The fourth-order valence-corrected chi connectivity index (χ4v) is 3.72. The molecular weight excluding hydrogens is 510 g/mol. The molecule has 14 nitrogen and oxygen atoms in total. The molecule has 0 radical (unpaired) electrons. The molecule has 0 aliphatic rings. The molecule has 0 unspecified atom stereocenters. The van der Waals surface area contributed by atoms with Crippen molar-refractivity contribution in [2.24, 2.45) is 16.5 Å². The molecule has 3 amide bonds. The molecule has 0 saturated carbocycles. The highest BCUT2D eigenvalue weighted by molar-refractivity contribution is 5.98. The predicted molar refractivity (Wildman–Crippen MR) is 140 cm³/mol. The highest BCUT2D eigenvalue weighted by Gasteiger charge is 2.29. The van der Waals surface area contributed by atoms with Crippen molar-refractivity contribution in [2.75, 3.05) is 6.54 Å². The van der Waals surface area contributed by atoms with E-state index in [4.69, 9.17) is 11.5 Å². The van der Waals surface area contributed by atoms with Crippen LogP contribution in [0.1, 0.15) is 22.3 Å². The van der Waals surface area contributed by atoms with Gasteiger partial charge in [0.15, 0.2) is 5.96 Å². The van der Waals surface area contributed by atoms with Crippen LogP contribution < -0.4 is 27.4 Å². The van der Waals surface area contributed by atoms with Crippen LogP contribution in [0.25, 0.3) is 10.9 Å². The molecule has 0 spiro atoms. The summed E-state index contributed by atoms with van der Waals surface area (Å²) < 4.78 is 0. The van der Waals surface area contributed by atoms with Crippen LogP contribution in [-0.2, 0) is 25.6 Å². The molecule has 3 aromatic rings. The van der Waals surface area contributed by atoms with Gasteiger partial charge >= 0.3 is 11.9 Å². The van der Waals surface area contributed by atoms with Crippen LogP contribution in [0.15, 0.2) is 59.7 Å². The highest BCUT2D eigenvalue weighted by atomic mass is 16.4. The first-order valence-corrected chi connectivity index (χ1v) is 11.6. The number of guanidine groups is 1. The van der Waals surface area contributed by atoms with Gasteiger partial charge in [0.25, 0.3) is 5.91 Å². The van der Waals surface area contributed by atoms with Crippen LogP contribution in [0, 0.1) is 0 Å². The molecule has 204 valence electrons. The van der Waals surface area contributed by atoms with Crippen LogP contribution in [0.2, 0.25) is 0 Å². The second-order valence-electron chi connectivity index (χ2n) is 8.45. The Labute approximate surface area is 221 Å². The summed E-state index contributed by atoms with van der Waals surface area (Å²) in [5.41, 5.74) is 12.6. The number of carboxylic acid groups (broad SMARTS) is 2. The maximum absolute atomic E-state index is 12.8. The molecule has 1 heterocycles. The summed E-state index contributed by atoms with van der Waals surface area (Å²) in [6, 6.07) is 10.0. The number of carboxylic acids is 2. The fraction of sp³-hybridized carbons (Fsp3) is 0.200. The Balaban J connectivity index is 1.61. The molecule has 2 aromatic carbocycles. The van der Waals surface area contributed by atoms with E-state index in [1.165, 1.54) is 24.3 Å². The SMILES string of the molecule is NC(N)=Nc1ccc(C(=O)NCC(=O)N[C@@H](CC(=O)O)C(=O)N[C@H](Cc2c[nH]c3ccccc23)C(=O)O)cc1. The molecule has 14 heteroatoms. The number of amides is 3. The number of hydrogen-bond acceptors (Lipinski definition) is 6. The average Bonchev–Trinajstić information content (AvgIpc) is 3.29. The van der Waals surface area contributed by atoms with Gasteiger partial charge in [0, 0.05) is 29.1 Å². The van der Waals surface area contributed by atoms with Crippen LogP contribution in [-0.4, -0.2) is 69.4 Å². The lowest BCUT2D eigenvalue weighted by Crippen LogP contribution is -2.54. The Bertz CT molecular complexity index is 1410. The molecule has 2 atom stereocenters. The van der Waals surface area contributed by atoms with E-state index in [0.717, 1.165) is 10.9 Å². The van der Waals surface area contributed by atoms with Gasteiger partial charge < -0.3 is 42.6 Å². The zero-order valence-electron chi connectivity index (χ0n) is 20.5. The van der Waals surface area contributed by atoms with Crippen molar-refractivity contribution in [3.8, 4) is 0 Å². The number of carbonyl (C=O) groups excluding carboxylic acids is 3. The van der Waals surface area contributed by atoms with Crippen LogP contribution >= 0.6 is 0 Å². The zero-order chi connectivity index (χ0) is 28.5. The Morgan fingerprint density at radius 1 is 0.923 bits per heavy atom. The van der Waals surface area contributed by atoms with E-state index >= 15 is 0 Å². The monoisotopic (exact) mass is 537 g/mol. The van der Waals surface area contributed by atoms with E-state index < -0.39 is 54.7 Å². The summed E-state index contributed by atoms with van der Waals surface area (Å²) in [4.78, 5) is 67.6. The standard InChI is InChI=1S/C25H27N7O7/c26-25(27)30-15-7-5-13(6-8-15)22(36)29-12-20(33)31-18(10-21(34)35)23(37)32-19(24(38)39)9-14-11-28-17-4-2-1-3-16(14)17/h1-8,11,18-19,28H,9-10,12H2,(H,29,36)(H,31,33)(H,32,37)(H,34,35)(H,38,39)(H4,26,27,30)/t18-,19+/m0/s1. The Morgan fingerprint density at radius 2 is 1.62 bits per heavy atom. The second kappa shape index (κ2) is 12.7. The summed E-state index contributed by atoms with van der Waals surface area (Å²) in [6.07, 6.45) is 0.731. The average molecular weight is 538 g/mol. The van der Waals surface area contributed by atoms with E-state index in [0.29, 0.717) is 11.3 Å². The third-order valence-electron chi connectivity index (χ3n) is 5.54. The summed E-state index contributed by atoms with van der Waals surface area (Å²) in [5, 5.41) is 26.5. The lowest BCUT2D eigenvalue weighted by atomic mass is 10.0. The molecule has 39 heavy (non-hydrogen) atoms. The molecule has 0 fully saturated rings. The van der Waals surface area contributed by atoms with Gasteiger partial charge in [0.1, 0.15) is 12.1 Å². The number of nitrogens with one attached hydrogen (secondary N) is 4. The van der Waals surface area contributed by atoms with Crippen molar-refractivity contribution in [1.29, 1.82) is 0 Å².